The lowest BCUT2D eigenvalue weighted by molar-refractivity contribution is -0.909. The quantitative estimate of drug-likeness (QED) is 0.298. The third kappa shape index (κ3) is 6.47. The van der Waals surface area contributed by atoms with Crippen LogP contribution in [0.25, 0.3) is 0 Å². The molecule has 0 aliphatic carbocycles. The van der Waals surface area contributed by atoms with Gasteiger partial charge in [0.05, 0.1) is 25.2 Å². The summed E-state index contributed by atoms with van der Waals surface area (Å²) in [5.74, 6) is -0.500. The third-order valence-electron chi connectivity index (χ3n) is 7.11. The van der Waals surface area contributed by atoms with Gasteiger partial charge in [0.15, 0.2) is 6.29 Å². The summed E-state index contributed by atoms with van der Waals surface area (Å²) in [4.78, 5) is 23.1. The number of methoxy groups -OCH3 is 1. The maximum Gasteiger partial charge on any atom is 0.304 e. The standard InChI is InChI=1S/C16H14O3.C12H22NO.C2H6/c1-13(18)19-16(12-17,14-8-4-2-5-9-14)15-10-6-3-7-11-15;1-10-8-12(14-3)9-11(2)13(10)6-4-5-7-13;1-2/h2-12H,1H3;11-12H,1,4-9H2,2-3H3;1-2H3/q;+1;. The molecule has 2 aliphatic rings. The minimum absolute atomic E-state index is 0.418. The van der Waals surface area contributed by atoms with Gasteiger partial charge in [-0.25, -0.2) is 0 Å². The minimum Gasteiger partial charge on any atom is -0.442 e. The zero-order chi connectivity index (χ0) is 25.9. The molecule has 2 aromatic rings. The van der Waals surface area contributed by atoms with Crippen LogP contribution in [-0.4, -0.2) is 49.1 Å². The van der Waals surface area contributed by atoms with Gasteiger partial charge in [-0.1, -0.05) is 74.5 Å². The Bertz CT molecular complexity index is 896. The molecule has 0 amide bonds. The van der Waals surface area contributed by atoms with E-state index in [-0.39, 0.29) is 0 Å². The van der Waals surface area contributed by atoms with Crippen LogP contribution in [0, 0.1) is 0 Å². The molecule has 5 heteroatoms. The Balaban J connectivity index is 0.000000239. The first-order chi connectivity index (χ1) is 16.9. The Hall–Kier alpha value is -2.76. The molecule has 0 saturated carbocycles. The SMILES string of the molecule is C=C1CC(OC)CC(C)[N+]12CCCC2.CC.CC(=O)OC(C=O)(c1ccccc1)c1ccccc1. The van der Waals surface area contributed by atoms with Crippen molar-refractivity contribution in [1.82, 2.24) is 0 Å². The number of hydrogen-bond acceptors (Lipinski definition) is 4. The molecule has 0 N–H and O–H groups in total. The van der Waals surface area contributed by atoms with Crippen molar-refractivity contribution >= 4 is 12.3 Å². The number of ether oxygens (including phenoxy) is 2. The number of carbonyl (C=O) groups is 2. The van der Waals surface area contributed by atoms with Gasteiger partial charge in [0.2, 0.25) is 5.60 Å². The molecule has 0 aromatic heterocycles. The summed E-state index contributed by atoms with van der Waals surface area (Å²) in [6, 6.07) is 18.7. The fraction of sp³-hybridized carbons (Fsp3) is 0.467. The van der Waals surface area contributed by atoms with E-state index in [9.17, 15) is 9.59 Å². The maximum absolute atomic E-state index is 11.7. The predicted octanol–water partition coefficient (Wildman–Crippen LogP) is 6.03. The molecule has 2 heterocycles. The van der Waals surface area contributed by atoms with E-state index in [4.69, 9.17) is 9.47 Å². The molecule has 5 nitrogen and oxygen atoms in total. The Kier molecular flexibility index (Phi) is 10.9. The van der Waals surface area contributed by atoms with E-state index in [1.807, 2.05) is 33.1 Å². The molecular weight excluding hydrogens is 438 g/mol. The first-order valence-electron chi connectivity index (χ1n) is 12.7. The van der Waals surface area contributed by atoms with Crippen molar-refractivity contribution < 1.29 is 23.5 Å². The van der Waals surface area contributed by atoms with Crippen LogP contribution in [0.4, 0.5) is 0 Å². The highest BCUT2D eigenvalue weighted by Crippen LogP contribution is 2.38. The van der Waals surface area contributed by atoms with E-state index >= 15 is 0 Å². The van der Waals surface area contributed by atoms with Gasteiger partial charge in [-0.15, -0.1) is 0 Å². The van der Waals surface area contributed by atoms with E-state index in [1.54, 1.807) is 48.5 Å². The van der Waals surface area contributed by atoms with Gasteiger partial charge >= 0.3 is 5.97 Å². The van der Waals surface area contributed by atoms with Gasteiger partial charge in [0.1, 0.15) is 5.70 Å². The van der Waals surface area contributed by atoms with E-state index < -0.39 is 11.6 Å². The van der Waals surface area contributed by atoms with Crippen molar-refractivity contribution in [2.75, 3.05) is 20.2 Å². The molecular formula is C30H42NO4+. The van der Waals surface area contributed by atoms with Gasteiger partial charge in [-0.05, 0) is 13.5 Å². The summed E-state index contributed by atoms with van der Waals surface area (Å²) < 4.78 is 12.0. The molecule has 35 heavy (non-hydrogen) atoms. The lowest BCUT2D eigenvalue weighted by atomic mass is 9.87. The highest BCUT2D eigenvalue weighted by atomic mass is 16.6. The molecule has 2 unspecified atom stereocenters. The van der Waals surface area contributed by atoms with Gasteiger partial charge in [-0.2, -0.15) is 0 Å². The highest BCUT2D eigenvalue weighted by molar-refractivity contribution is 5.78. The number of rotatable bonds is 5. The predicted molar refractivity (Wildman–Crippen MR) is 141 cm³/mol. The highest BCUT2D eigenvalue weighted by Gasteiger charge is 2.45. The van der Waals surface area contributed by atoms with Gasteiger partial charge < -0.3 is 9.47 Å². The first-order valence-corrected chi connectivity index (χ1v) is 12.7. The molecule has 190 valence electrons. The van der Waals surface area contributed by atoms with Crippen molar-refractivity contribution in [3.63, 3.8) is 0 Å². The Morgan fingerprint density at radius 3 is 1.86 bits per heavy atom. The molecule has 2 atom stereocenters. The van der Waals surface area contributed by atoms with Crippen LogP contribution >= 0.6 is 0 Å². The lowest BCUT2D eigenvalue weighted by Gasteiger charge is -2.46. The largest absolute Gasteiger partial charge is 0.442 e. The molecule has 4 rings (SSSR count). The Morgan fingerprint density at radius 2 is 1.49 bits per heavy atom. The Labute approximate surface area is 211 Å². The second-order valence-corrected chi connectivity index (χ2v) is 9.08. The second-order valence-electron chi connectivity index (χ2n) is 9.08. The van der Waals surface area contributed by atoms with Crippen molar-refractivity contribution in [2.45, 2.75) is 71.1 Å². The van der Waals surface area contributed by atoms with Gasteiger partial charge in [-0.3, -0.25) is 14.1 Å². The van der Waals surface area contributed by atoms with Crippen molar-refractivity contribution in [2.24, 2.45) is 0 Å². The first kappa shape index (κ1) is 28.5. The normalized spacial score (nSPS) is 20.7. The van der Waals surface area contributed by atoms with E-state index in [0.29, 0.717) is 29.6 Å². The smallest absolute Gasteiger partial charge is 0.304 e. The topological polar surface area (TPSA) is 52.6 Å². The van der Waals surface area contributed by atoms with Crippen LogP contribution in [-0.2, 0) is 24.7 Å². The average Bonchev–Trinajstić information content (AvgIpc) is 3.40. The zero-order valence-corrected chi connectivity index (χ0v) is 22.0. The van der Waals surface area contributed by atoms with Crippen LogP contribution in [0.15, 0.2) is 72.9 Å². The minimum atomic E-state index is -1.38. The van der Waals surface area contributed by atoms with Crippen molar-refractivity contribution in [3.05, 3.63) is 84.1 Å². The van der Waals surface area contributed by atoms with Crippen molar-refractivity contribution in [3.8, 4) is 0 Å². The molecule has 2 aliphatic heterocycles. The van der Waals surface area contributed by atoms with E-state index in [0.717, 1.165) is 6.42 Å². The fourth-order valence-corrected chi connectivity index (χ4v) is 5.30. The lowest BCUT2D eigenvalue weighted by Crippen LogP contribution is -2.55. The number of piperidine rings is 1. The number of aldehydes is 1. The molecule has 2 saturated heterocycles. The number of carbonyl (C=O) groups excluding carboxylic acids is 2. The second kappa shape index (κ2) is 13.4. The number of esters is 1. The number of benzene rings is 2. The number of nitrogens with zero attached hydrogens (tertiary/aromatic N) is 1. The summed E-state index contributed by atoms with van der Waals surface area (Å²) in [5, 5.41) is 0. The average molecular weight is 481 g/mol. The third-order valence-corrected chi connectivity index (χ3v) is 7.11. The van der Waals surface area contributed by atoms with Crippen LogP contribution in [0.3, 0.4) is 0 Å². The molecule has 0 bridgehead atoms. The fourth-order valence-electron chi connectivity index (χ4n) is 5.30. The monoisotopic (exact) mass is 480 g/mol. The van der Waals surface area contributed by atoms with Gasteiger partial charge in [0.25, 0.3) is 0 Å². The van der Waals surface area contributed by atoms with Crippen LogP contribution in [0.5, 0.6) is 0 Å². The van der Waals surface area contributed by atoms with Gasteiger partial charge in [0, 0.05) is 50.8 Å². The summed E-state index contributed by atoms with van der Waals surface area (Å²) in [5.41, 5.74) is 1.29. The molecule has 0 radical (unpaired) electrons. The van der Waals surface area contributed by atoms with Crippen LogP contribution in [0.1, 0.15) is 64.5 Å². The number of quaternary nitrogens is 1. The molecule has 2 aromatic carbocycles. The summed E-state index contributed by atoms with van der Waals surface area (Å²) >= 11 is 0. The summed E-state index contributed by atoms with van der Waals surface area (Å²) in [7, 11) is 1.82. The van der Waals surface area contributed by atoms with Crippen molar-refractivity contribution in [1.29, 1.82) is 0 Å². The summed E-state index contributed by atoms with van der Waals surface area (Å²) in [6.45, 7) is 14.6. The maximum atomic E-state index is 11.7. The van der Waals surface area contributed by atoms with Crippen LogP contribution in [0.2, 0.25) is 0 Å². The van der Waals surface area contributed by atoms with E-state index in [1.165, 1.54) is 49.5 Å². The molecule has 1 spiro atoms. The molecule has 2 fully saturated rings. The van der Waals surface area contributed by atoms with Crippen LogP contribution < -0.4 is 0 Å². The zero-order valence-electron chi connectivity index (χ0n) is 22.0. The van der Waals surface area contributed by atoms with E-state index in [2.05, 4.69) is 13.5 Å². The number of hydrogen-bond donors (Lipinski definition) is 0. The summed E-state index contributed by atoms with van der Waals surface area (Å²) in [6.07, 6.45) is 6.11. The Morgan fingerprint density at radius 1 is 1.00 bits per heavy atom.